The maximum Gasteiger partial charge on any atom is 0.254 e. The van der Waals surface area contributed by atoms with Gasteiger partial charge in [-0.05, 0) is 47.9 Å². The zero-order chi connectivity index (χ0) is 21.5. The van der Waals surface area contributed by atoms with Gasteiger partial charge in [0.25, 0.3) is 5.91 Å². The van der Waals surface area contributed by atoms with Crippen molar-refractivity contribution in [2.24, 2.45) is 0 Å². The molecule has 4 rings (SSSR count). The highest BCUT2D eigenvalue weighted by Crippen LogP contribution is 2.20. The highest BCUT2D eigenvalue weighted by Gasteiger charge is 2.18. The molecule has 0 unspecified atom stereocenters. The van der Waals surface area contributed by atoms with Gasteiger partial charge in [-0.15, -0.1) is 11.3 Å². The second-order valence-corrected chi connectivity index (χ2v) is 7.96. The molecular weight excluding hydrogens is 406 g/mol. The topological polar surface area (TPSA) is 55.3 Å². The second-order valence-electron chi connectivity index (χ2n) is 7.25. The summed E-state index contributed by atoms with van der Waals surface area (Å²) in [5.41, 5.74) is 6.51. The molecule has 6 heteroatoms. The van der Waals surface area contributed by atoms with Gasteiger partial charge in [-0.2, -0.15) is 0 Å². The summed E-state index contributed by atoms with van der Waals surface area (Å²) >= 11 is 1.53. The Morgan fingerprint density at radius 1 is 1.06 bits per heavy atom. The minimum Gasteiger partial charge on any atom is -0.487 e. The van der Waals surface area contributed by atoms with Crippen molar-refractivity contribution in [1.29, 1.82) is 0 Å². The van der Waals surface area contributed by atoms with Gasteiger partial charge < -0.3 is 9.64 Å². The molecule has 0 saturated carbocycles. The summed E-state index contributed by atoms with van der Waals surface area (Å²) in [6.07, 6.45) is 3.53. The SMILES string of the molecule is Cc1ccccc1CN(Cc1cccnc1)C(=O)c1cccc(OCc2cscn2)c1. The number of pyridine rings is 1. The fraction of sp³-hybridized carbons (Fsp3) is 0.160. The van der Waals surface area contributed by atoms with Crippen LogP contribution in [0.5, 0.6) is 5.75 Å². The van der Waals surface area contributed by atoms with Crippen molar-refractivity contribution in [2.75, 3.05) is 0 Å². The van der Waals surface area contributed by atoms with Gasteiger partial charge in [0.15, 0.2) is 0 Å². The molecule has 0 bridgehead atoms. The number of thiazole rings is 1. The molecule has 0 radical (unpaired) electrons. The van der Waals surface area contributed by atoms with Crippen LogP contribution in [0.4, 0.5) is 0 Å². The molecule has 2 heterocycles. The van der Waals surface area contributed by atoms with E-state index in [-0.39, 0.29) is 5.91 Å². The quantitative estimate of drug-likeness (QED) is 0.383. The van der Waals surface area contributed by atoms with Gasteiger partial charge >= 0.3 is 0 Å². The lowest BCUT2D eigenvalue weighted by Gasteiger charge is -2.24. The van der Waals surface area contributed by atoms with E-state index >= 15 is 0 Å². The number of aromatic nitrogens is 2. The van der Waals surface area contributed by atoms with Crippen LogP contribution in [-0.2, 0) is 19.7 Å². The van der Waals surface area contributed by atoms with Crippen molar-refractivity contribution in [3.8, 4) is 5.75 Å². The van der Waals surface area contributed by atoms with Crippen LogP contribution < -0.4 is 4.74 Å². The largest absolute Gasteiger partial charge is 0.487 e. The molecular formula is C25H23N3O2S. The van der Waals surface area contributed by atoms with Crippen molar-refractivity contribution >= 4 is 17.2 Å². The number of hydrogen-bond acceptors (Lipinski definition) is 5. The molecule has 2 aromatic carbocycles. The molecule has 156 valence electrons. The molecule has 0 aliphatic rings. The summed E-state index contributed by atoms with van der Waals surface area (Å²) in [5.74, 6) is 0.599. The molecule has 0 aliphatic heterocycles. The smallest absolute Gasteiger partial charge is 0.254 e. The van der Waals surface area contributed by atoms with E-state index in [0.29, 0.717) is 31.0 Å². The first-order valence-electron chi connectivity index (χ1n) is 10.0. The molecule has 0 fully saturated rings. The molecule has 1 amide bonds. The maximum atomic E-state index is 13.5. The van der Waals surface area contributed by atoms with Gasteiger partial charge in [-0.1, -0.05) is 36.4 Å². The Bertz CT molecular complexity index is 1130. The Balaban J connectivity index is 1.56. The van der Waals surface area contributed by atoms with Crippen LogP contribution in [0, 0.1) is 6.92 Å². The van der Waals surface area contributed by atoms with Crippen molar-refractivity contribution in [2.45, 2.75) is 26.6 Å². The van der Waals surface area contributed by atoms with Crippen molar-refractivity contribution in [3.05, 3.63) is 112 Å². The number of rotatable bonds is 8. The van der Waals surface area contributed by atoms with Crippen LogP contribution in [0.1, 0.15) is 32.7 Å². The highest BCUT2D eigenvalue weighted by atomic mass is 32.1. The molecule has 0 atom stereocenters. The predicted molar refractivity (Wildman–Crippen MR) is 122 cm³/mol. The van der Waals surface area contributed by atoms with E-state index in [2.05, 4.69) is 29.0 Å². The summed E-state index contributed by atoms with van der Waals surface area (Å²) in [7, 11) is 0. The van der Waals surface area contributed by atoms with Gasteiger partial charge in [-0.3, -0.25) is 9.78 Å². The monoisotopic (exact) mass is 429 g/mol. The molecule has 0 aliphatic carbocycles. The van der Waals surface area contributed by atoms with Crippen LogP contribution in [0.25, 0.3) is 0 Å². The molecule has 0 N–H and O–H groups in total. The van der Waals surface area contributed by atoms with Crippen molar-refractivity contribution < 1.29 is 9.53 Å². The van der Waals surface area contributed by atoms with Gasteiger partial charge in [0.1, 0.15) is 12.4 Å². The minimum atomic E-state index is -0.0498. The number of carbonyl (C=O) groups excluding carboxylic acids is 1. The van der Waals surface area contributed by atoms with E-state index in [1.807, 2.05) is 52.7 Å². The fourth-order valence-corrected chi connectivity index (χ4v) is 3.82. The summed E-state index contributed by atoms with van der Waals surface area (Å²) in [6.45, 7) is 3.44. The van der Waals surface area contributed by atoms with Crippen molar-refractivity contribution in [3.63, 3.8) is 0 Å². The Labute approximate surface area is 186 Å². The van der Waals surface area contributed by atoms with E-state index in [0.717, 1.165) is 22.4 Å². The van der Waals surface area contributed by atoms with Crippen LogP contribution >= 0.6 is 11.3 Å². The van der Waals surface area contributed by atoms with Crippen LogP contribution in [0.15, 0.2) is 83.9 Å². The Kier molecular flexibility index (Phi) is 6.69. The van der Waals surface area contributed by atoms with Gasteiger partial charge in [0, 0.05) is 36.4 Å². The first kappa shape index (κ1) is 20.8. The molecule has 2 aromatic heterocycles. The Morgan fingerprint density at radius 2 is 1.97 bits per heavy atom. The number of carbonyl (C=O) groups is 1. The van der Waals surface area contributed by atoms with Gasteiger partial charge in [0.2, 0.25) is 0 Å². The van der Waals surface area contributed by atoms with Gasteiger partial charge in [-0.25, -0.2) is 4.98 Å². The number of aryl methyl sites for hydroxylation is 1. The number of ether oxygens (including phenoxy) is 1. The van der Waals surface area contributed by atoms with E-state index in [9.17, 15) is 4.79 Å². The third-order valence-electron chi connectivity index (χ3n) is 4.96. The zero-order valence-corrected chi connectivity index (χ0v) is 18.1. The summed E-state index contributed by atoms with van der Waals surface area (Å²) in [5, 5.41) is 1.95. The number of amides is 1. The first-order valence-corrected chi connectivity index (χ1v) is 11.0. The van der Waals surface area contributed by atoms with E-state index < -0.39 is 0 Å². The lowest BCUT2D eigenvalue weighted by Crippen LogP contribution is -2.30. The molecule has 5 nitrogen and oxygen atoms in total. The van der Waals surface area contributed by atoms with E-state index in [1.54, 1.807) is 24.0 Å². The third-order valence-corrected chi connectivity index (χ3v) is 5.59. The van der Waals surface area contributed by atoms with Crippen LogP contribution in [0.3, 0.4) is 0 Å². The van der Waals surface area contributed by atoms with Crippen LogP contribution in [0.2, 0.25) is 0 Å². The zero-order valence-electron chi connectivity index (χ0n) is 17.3. The summed E-state index contributed by atoms with van der Waals surface area (Å²) in [4.78, 5) is 23.8. The lowest BCUT2D eigenvalue weighted by molar-refractivity contribution is 0.0729. The standard InChI is InChI=1S/C25H23N3O2S/c1-19-6-2-3-8-22(19)15-28(14-20-7-5-11-26-13-20)25(29)21-9-4-10-24(12-21)30-16-23-17-31-18-27-23/h2-13,17-18H,14-16H2,1H3. The van der Waals surface area contributed by atoms with Crippen LogP contribution in [-0.4, -0.2) is 20.8 Å². The first-order chi connectivity index (χ1) is 15.2. The van der Waals surface area contributed by atoms with Crippen molar-refractivity contribution in [1.82, 2.24) is 14.9 Å². The average Bonchev–Trinajstić information content (AvgIpc) is 3.33. The summed E-state index contributed by atoms with van der Waals surface area (Å²) < 4.78 is 5.84. The average molecular weight is 430 g/mol. The maximum absolute atomic E-state index is 13.5. The number of hydrogen-bond donors (Lipinski definition) is 0. The Hall–Kier alpha value is -3.51. The predicted octanol–water partition coefficient (Wildman–Crippen LogP) is 5.27. The van der Waals surface area contributed by atoms with Gasteiger partial charge in [0.05, 0.1) is 11.2 Å². The van der Waals surface area contributed by atoms with E-state index in [4.69, 9.17) is 4.74 Å². The Morgan fingerprint density at radius 3 is 2.74 bits per heavy atom. The second kappa shape index (κ2) is 10.00. The summed E-state index contributed by atoms with van der Waals surface area (Å²) in [6, 6.07) is 19.3. The molecule has 0 saturated heterocycles. The molecule has 31 heavy (non-hydrogen) atoms. The lowest BCUT2D eigenvalue weighted by atomic mass is 10.1. The highest BCUT2D eigenvalue weighted by molar-refractivity contribution is 7.07. The minimum absolute atomic E-state index is 0.0498. The molecule has 0 spiro atoms. The molecule has 4 aromatic rings. The third kappa shape index (κ3) is 5.55. The fourth-order valence-electron chi connectivity index (χ4n) is 3.27. The van der Waals surface area contributed by atoms with E-state index in [1.165, 1.54) is 11.3 Å². The normalized spacial score (nSPS) is 10.6. The number of benzene rings is 2. The number of nitrogens with zero attached hydrogens (tertiary/aromatic N) is 3.